The molecule has 0 aliphatic heterocycles. The van der Waals surface area contributed by atoms with E-state index in [1.165, 1.54) is 4.90 Å². The van der Waals surface area contributed by atoms with E-state index in [9.17, 15) is 18.0 Å². The molecule has 0 saturated heterocycles. The van der Waals surface area contributed by atoms with E-state index in [2.05, 4.69) is 21.2 Å². The summed E-state index contributed by atoms with van der Waals surface area (Å²) in [5.41, 5.74) is 2.99. The third kappa shape index (κ3) is 8.93. The van der Waals surface area contributed by atoms with Gasteiger partial charge >= 0.3 is 0 Å². The second-order valence-corrected chi connectivity index (χ2v) is 12.6. The number of carbonyl (C=O) groups excluding carboxylic acids is 2. The molecule has 0 heterocycles. The van der Waals surface area contributed by atoms with Gasteiger partial charge in [-0.1, -0.05) is 77.5 Å². The first-order valence-corrected chi connectivity index (χ1v) is 15.5. The quantitative estimate of drug-likeness (QED) is 0.309. The number of rotatable bonds is 12. The molecular formula is C30H36BrN3O4S. The first-order chi connectivity index (χ1) is 18.5. The summed E-state index contributed by atoms with van der Waals surface area (Å²) >= 11 is 3.44. The van der Waals surface area contributed by atoms with Gasteiger partial charge < -0.3 is 10.2 Å². The van der Waals surface area contributed by atoms with Gasteiger partial charge in [-0.15, -0.1) is 0 Å². The fourth-order valence-corrected chi connectivity index (χ4v) is 5.28. The van der Waals surface area contributed by atoms with Crippen LogP contribution in [0.15, 0.2) is 83.3 Å². The Morgan fingerprint density at radius 3 is 2.21 bits per heavy atom. The van der Waals surface area contributed by atoms with Crippen LogP contribution in [0.2, 0.25) is 0 Å². The van der Waals surface area contributed by atoms with Gasteiger partial charge in [-0.25, -0.2) is 8.42 Å². The lowest BCUT2D eigenvalue weighted by atomic mass is 10.0. The highest BCUT2D eigenvalue weighted by Gasteiger charge is 2.33. The largest absolute Gasteiger partial charge is 0.352 e. The number of sulfonamides is 1. The molecule has 0 aliphatic rings. The maximum absolute atomic E-state index is 14.1. The first-order valence-electron chi connectivity index (χ1n) is 12.9. The molecule has 0 aliphatic carbocycles. The number of aryl methyl sites for hydroxylation is 1. The minimum atomic E-state index is -3.79. The summed E-state index contributed by atoms with van der Waals surface area (Å²) in [7, 11) is -3.79. The molecule has 0 radical (unpaired) electrons. The monoisotopic (exact) mass is 613 g/mol. The lowest BCUT2D eigenvalue weighted by molar-refractivity contribution is -0.140. The van der Waals surface area contributed by atoms with E-state index in [0.29, 0.717) is 5.69 Å². The average molecular weight is 615 g/mol. The number of anilines is 1. The Morgan fingerprint density at radius 1 is 0.949 bits per heavy atom. The Bertz CT molecular complexity index is 1360. The zero-order chi connectivity index (χ0) is 28.6. The second kappa shape index (κ2) is 13.8. The van der Waals surface area contributed by atoms with Gasteiger partial charge in [-0.2, -0.15) is 0 Å². The van der Waals surface area contributed by atoms with Gasteiger partial charge in [-0.3, -0.25) is 13.9 Å². The van der Waals surface area contributed by atoms with Crippen LogP contribution in [-0.4, -0.2) is 50.0 Å². The van der Waals surface area contributed by atoms with Crippen LogP contribution < -0.4 is 9.62 Å². The fraction of sp³-hybridized carbons (Fsp3) is 0.333. The molecule has 39 heavy (non-hydrogen) atoms. The van der Waals surface area contributed by atoms with E-state index in [0.717, 1.165) is 38.1 Å². The number of hydrogen-bond donors (Lipinski definition) is 1. The van der Waals surface area contributed by atoms with Crippen LogP contribution in [0.5, 0.6) is 0 Å². The van der Waals surface area contributed by atoms with Gasteiger partial charge in [0.05, 0.1) is 11.9 Å². The Labute approximate surface area is 240 Å². The highest BCUT2D eigenvalue weighted by Crippen LogP contribution is 2.22. The molecule has 0 unspecified atom stereocenters. The van der Waals surface area contributed by atoms with Crippen molar-refractivity contribution in [2.45, 2.75) is 52.2 Å². The van der Waals surface area contributed by atoms with E-state index >= 15 is 0 Å². The molecule has 3 aromatic rings. The number of nitrogens with zero attached hydrogens (tertiary/aromatic N) is 2. The van der Waals surface area contributed by atoms with Gasteiger partial charge in [0.25, 0.3) is 0 Å². The van der Waals surface area contributed by atoms with Crippen molar-refractivity contribution in [2.75, 3.05) is 17.1 Å². The third-order valence-electron chi connectivity index (χ3n) is 6.51. The molecule has 2 amide bonds. The van der Waals surface area contributed by atoms with E-state index < -0.39 is 28.5 Å². The molecular weight excluding hydrogens is 578 g/mol. The molecule has 0 bridgehead atoms. The number of carbonyl (C=O) groups is 2. The molecule has 7 nitrogen and oxygen atoms in total. The normalized spacial score (nSPS) is 12.8. The highest BCUT2D eigenvalue weighted by molar-refractivity contribution is 9.10. The van der Waals surface area contributed by atoms with E-state index in [-0.39, 0.29) is 24.9 Å². The van der Waals surface area contributed by atoms with Gasteiger partial charge in [0.1, 0.15) is 12.6 Å². The van der Waals surface area contributed by atoms with Gasteiger partial charge in [0, 0.05) is 23.5 Å². The van der Waals surface area contributed by atoms with E-state index in [4.69, 9.17) is 0 Å². The number of benzene rings is 3. The van der Waals surface area contributed by atoms with Crippen molar-refractivity contribution in [1.29, 1.82) is 0 Å². The molecule has 9 heteroatoms. The van der Waals surface area contributed by atoms with Crippen LogP contribution in [-0.2, 0) is 32.6 Å². The van der Waals surface area contributed by atoms with E-state index in [1.807, 2.05) is 81.4 Å². The zero-order valence-corrected chi connectivity index (χ0v) is 25.2. The van der Waals surface area contributed by atoms with Crippen LogP contribution in [0, 0.1) is 6.92 Å². The number of hydrogen-bond acceptors (Lipinski definition) is 4. The van der Waals surface area contributed by atoms with Crippen LogP contribution in [0.3, 0.4) is 0 Å². The average Bonchev–Trinajstić information content (AvgIpc) is 2.90. The molecule has 0 aromatic heterocycles. The van der Waals surface area contributed by atoms with Crippen LogP contribution >= 0.6 is 15.9 Å². The summed E-state index contributed by atoms with van der Waals surface area (Å²) in [5.74, 6) is -0.745. The molecule has 3 rings (SSSR count). The Balaban J connectivity index is 2.05. The highest BCUT2D eigenvalue weighted by atomic mass is 79.9. The zero-order valence-electron chi connectivity index (χ0n) is 22.8. The van der Waals surface area contributed by atoms with Crippen LogP contribution in [0.4, 0.5) is 5.69 Å². The van der Waals surface area contributed by atoms with Gasteiger partial charge in [-0.05, 0) is 61.2 Å². The minimum Gasteiger partial charge on any atom is -0.352 e. The van der Waals surface area contributed by atoms with Crippen molar-refractivity contribution in [3.05, 3.63) is 100 Å². The van der Waals surface area contributed by atoms with E-state index in [1.54, 1.807) is 18.2 Å². The summed E-state index contributed by atoms with van der Waals surface area (Å²) in [6, 6.07) is 23.1. The molecule has 2 atom stereocenters. The molecule has 0 spiro atoms. The first kappa shape index (κ1) is 30.4. The lowest BCUT2D eigenvalue weighted by Crippen LogP contribution is -2.54. The number of halogens is 1. The van der Waals surface area contributed by atoms with Crippen molar-refractivity contribution >= 4 is 43.5 Å². The van der Waals surface area contributed by atoms with Crippen molar-refractivity contribution in [1.82, 2.24) is 10.2 Å². The molecule has 3 aromatic carbocycles. The Morgan fingerprint density at radius 2 is 1.62 bits per heavy atom. The van der Waals surface area contributed by atoms with Crippen molar-refractivity contribution in [3.8, 4) is 0 Å². The van der Waals surface area contributed by atoms with Crippen molar-refractivity contribution in [2.24, 2.45) is 0 Å². The Hall–Kier alpha value is -3.17. The van der Waals surface area contributed by atoms with Crippen LogP contribution in [0.1, 0.15) is 37.0 Å². The molecule has 208 valence electrons. The predicted molar refractivity (Wildman–Crippen MR) is 160 cm³/mol. The van der Waals surface area contributed by atoms with Gasteiger partial charge in [0.15, 0.2) is 0 Å². The Kier molecular flexibility index (Phi) is 10.7. The topological polar surface area (TPSA) is 86.8 Å². The van der Waals surface area contributed by atoms with Crippen molar-refractivity contribution < 1.29 is 18.0 Å². The van der Waals surface area contributed by atoms with Crippen molar-refractivity contribution in [3.63, 3.8) is 0 Å². The maximum atomic E-state index is 14.1. The number of amides is 2. The number of nitrogens with one attached hydrogen (secondary N) is 1. The van der Waals surface area contributed by atoms with Gasteiger partial charge in [0.2, 0.25) is 21.8 Å². The van der Waals surface area contributed by atoms with Crippen LogP contribution in [0.25, 0.3) is 0 Å². The lowest BCUT2D eigenvalue weighted by Gasteiger charge is -2.34. The summed E-state index contributed by atoms with van der Waals surface area (Å²) in [5, 5.41) is 3.03. The summed E-state index contributed by atoms with van der Waals surface area (Å²) in [6.07, 6.45) is 2.10. The molecule has 1 N–H and O–H groups in total. The maximum Gasteiger partial charge on any atom is 0.244 e. The fourth-order valence-electron chi connectivity index (χ4n) is 4.18. The minimum absolute atomic E-state index is 0.0831. The summed E-state index contributed by atoms with van der Waals surface area (Å²) < 4.78 is 27.7. The SMILES string of the molecule is CC[C@H](C)NC(=O)[C@H](Cc1ccccc1)N(Cc1ccc(Br)cc1)C(=O)CN(c1cccc(C)c1)S(C)(=O)=O. The standard InChI is InChI=1S/C30H36BrN3O4S/c1-5-23(3)32-30(36)28(19-24-11-7-6-8-12-24)33(20-25-14-16-26(31)17-15-25)29(35)21-34(39(4,37)38)27-13-9-10-22(2)18-27/h6-18,23,28H,5,19-21H2,1-4H3,(H,32,36)/t23-,28-/m0/s1. The molecule has 0 saturated carbocycles. The predicted octanol–water partition coefficient (Wildman–Crippen LogP) is 5.08. The third-order valence-corrected chi connectivity index (χ3v) is 8.18. The second-order valence-electron chi connectivity index (χ2n) is 9.78. The smallest absolute Gasteiger partial charge is 0.244 e. The summed E-state index contributed by atoms with van der Waals surface area (Å²) in [6.45, 7) is 5.47. The summed E-state index contributed by atoms with van der Waals surface area (Å²) in [4.78, 5) is 29.2. The molecule has 0 fully saturated rings.